The first-order valence-electron chi connectivity index (χ1n) is 8.74. The van der Waals surface area contributed by atoms with Gasteiger partial charge in [-0.15, -0.1) is 11.3 Å². The van der Waals surface area contributed by atoms with Crippen LogP contribution in [0.2, 0.25) is 0 Å². The molecule has 0 bridgehead atoms. The molecule has 4 N–H and O–H groups in total. The molecule has 9 nitrogen and oxygen atoms in total. The lowest BCUT2D eigenvalue weighted by atomic mass is 9.91. The van der Waals surface area contributed by atoms with Gasteiger partial charge in [0.05, 0.1) is 38.9 Å². The Balaban J connectivity index is 2.15. The van der Waals surface area contributed by atoms with Crippen LogP contribution in [0.25, 0.3) is 10.2 Å². The third-order valence-corrected chi connectivity index (χ3v) is 6.92. The SMILES string of the molecule is O=C(O)CC(C(=O)O)C(Sc1nc2ccccc2s1)c1ccc(C(=O)O)cc1C(=O)O. The highest BCUT2D eigenvalue weighted by molar-refractivity contribution is 8.01. The molecule has 3 rings (SSSR count). The quantitative estimate of drug-likeness (QED) is 0.346. The average molecular weight is 461 g/mol. The number of thioether (sulfide) groups is 1. The third kappa shape index (κ3) is 5.01. The van der Waals surface area contributed by atoms with E-state index in [1.54, 1.807) is 12.1 Å². The Bertz CT molecular complexity index is 1160. The number of hydrogen-bond acceptors (Lipinski definition) is 7. The molecule has 0 saturated carbocycles. The molecule has 3 aromatic rings. The summed E-state index contributed by atoms with van der Waals surface area (Å²) in [4.78, 5) is 50.8. The first kappa shape index (κ1) is 22.2. The van der Waals surface area contributed by atoms with Crippen molar-refractivity contribution < 1.29 is 39.6 Å². The van der Waals surface area contributed by atoms with E-state index in [1.807, 2.05) is 12.1 Å². The molecule has 11 heteroatoms. The molecule has 160 valence electrons. The number of nitrogens with zero attached hydrogens (tertiary/aromatic N) is 1. The van der Waals surface area contributed by atoms with Crippen LogP contribution in [0, 0.1) is 5.92 Å². The third-order valence-electron chi connectivity index (χ3n) is 4.42. The zero-order valence-corrected chi connectivity index (χ0v) is 17.2. The van der Waals surface area contributed by atoms with Crippen molar-refractivity contribution in [1.82, 2.24) is 4.98 Å². The summed E-state index contributed by atoms with van der Waals surface area (Å²) in [5, 5.41) is 36.6. The summed E-state index contributed by atoms with van der Waals surface area (Å²) in [7, 11) is 0. The summed E-state index contributed by atoms with van der Waals surface area (Å²) in [6, 6.07) is 10.5. The van der Waals surface area contributed by atoms with Crippen molar-refractivity contribution in [2.45, 2.75) is 16.0 Å². The minimum atomic E-state index is -1.48. The highest BCUT2D eigenvalue weighted by Crippen LogP contribution is 2.45. The van der Waals surface area contributed by atoms with Crippen molar-refractivity contribution in [3.8, 4) is 0 Å². The monoisotopic (exact) mass is 461 g/mol. The molecule has 31 heavy (non-hydrogen) atoms. The van der Waals surface area contributed by atoms with Crippen molar-refractivity contribution in [3.05, 3.63) is 59.2 Å². The number of aromatic nitrogens is 1. The molecule has 1 heterocycles. The number of thiazole rings is 1. The Hall–Kier alpha value is -3.44. The van der Waals surface area contributed by atoms with Crippen LogP contribution < -0.4 is 0 Å². The number of benzene rings is 2. The second-order valence-corrected chi connectivity index (χ2v) is 8.86. The number of para-hydroxylation sites is 1. The van der Waals surface area contributed by atoms with Gasteiger partial charge in [0, 0.05) is 0 Å². The van der Waals surface area contributed by atoms with Gasteiger partial charge in [-0.2, -0.15) is 0 Å². The molecular weight excluding hydrogens is 446 g/mol. The summed E-state index contributed by atoms with van der Waals surface area (Å²) in [5.74, 6) is -7.05. The smallest absolute Gasteiger partial charge is 0.336 e. The van der Waals surface area contributed by atoms with Crippen molar-refractivity contribution in [2.75, 3.05) is 0 Å². The lowest BCUT2D eigenvalue weighted by Crippen LogP contribution is -2.25. The Kier molecular flexibility index (Phi) is 6.56. The number of carbonyl (C=O) groups is 4. The van der Waals surface area contributed by atoms with Crippen LogP contribution in [-0.2, 0) is 9.59 Å². The van der Waals surface area contributed by atoms with Crippen LogP contribution >= 0.6 is 23.1 Å². The van der Waals surface area contributed by atoms with Crippen LogP contribution in [0.3, 0.4) is 0 Å². The molecule has 2 atom stereocenters. The molecule has 2 aromatic carbocycles. The summed E-state index contributed by atoms with van der Waals surface area (Å²) in [6.45, 7) is 0. The standard InChI is InChI=1S/C20H15NO8S2/c22-15(23)8-12(19(28)29)16(31-20-21-13-3-1-2-4-14(13)30-20)10-6-5-9(17(24)25)7-11(10)18(26)27/h1-7,12,16H,8H2,(H,22,23)(H,24,25)(H,26,27)(H,28,29). The fourth-order valence-electron chi connectivity index (χ4n) is 3.01. The lowest BCUT2D eigenvalue weighted by molar-refractivity contribution is -0.148. The molecule has 0 aliphatic heterocycles. The van der Waals surface area contributed by atoms with Crippen molar-refractivity contribution >= 4 is 57.2 Å². The molecule has 0 radical (unpaired) electrons. The summed E-state index contributed by atoms with van der Waals surface area (Å²) >= 11 is 2.20. The van der Waals surface area contributed by atoms with Crippen molar-refractivity contribution in [1.29, 1.82) is 0 Å². The largest absolute Gasteiger partial charge is 0.481 e. The predicted octanol–water partition coefficient (Wildman–Crippen LogP) is 3.70. The van der Waals surface area contributed by atoms with Crippen LogP contribution in [0.15, 0.2) is 46.8 Å². The Morgan fingerprint density at radius 2 is 1.68 bits per heavy atom. The number of aliphatic carboxylic acids is 2. The minimum Gasteiger partial charge on any atom is -0.481 e. The van der Waals surface area contributed by atoms with Gasteiger partial charge in [-0.1, -0.05) is 30.0 Å². The van der Waals surface area contributed by atoms with E-state index in [4.69, 9.17) is 0 Å². The number of rotatable bonds is 9. The van der Waals surface area contributed by atoms with Gasteiger partial charge in [0.2, 0.25) is 0 Å². The van der Waals surface area contributed by atoms with Crippen LogP contribution in [-0.4, -0.2) is 49.3 Å². The zero-order valence-electron chi connectivity index (χ0n) is 15.6. The number of fused-ring (bicyclic) bond motifs is 1. The number of carboxylic acids is 4. The van der Waals surface area contributed by atoms with E-state index < -0.39 is 47.0 Å². The van der Waals surface area contributed by atoms with Gasteiger partial charge in [-0.25, -0.2) is 14.6 Å². The van der Waals surface area contributed by atoms with Crippen LogP contribution in [0.1, 0.15) is 38.0 Å². The molecule has 0 saturated heterocycles. The zero-order chi connectivity index (χ0) is 22.7. The number of carboxylic acid groups (broad SMARTS) is 4. The molecule has 0 amide bonds. The predicted molar refractivity (Wildman–Crippen MR) is 112 cm³/mol. The Morgan fingerprint density at radius 1 is 0.968 bits per heavy atom. The van der Waals surface area contributed by atoms with Gasteiger partial charge in [-0.3, -0.25) is 9.59 Å². The normalized spacial score (nSPS) is 12.9. The Morgan fingerprint density at radius 3 is 2.26 bits per heavy atom. The summed E-state index contributed by atoms with van der Waals surface area (Å²) in [5.41, 5.74) is -0.0147. The maximum absolute atomic E-state index is 11.9. The topological polar surface area (TPSA) is 162 Å². The van der Waals surface area contributed by atoms with Crippen molar-refractivity contribution in [3.63, 3.8) is 0 Å². The first-order chi connectivity index (χ1) is 14.7. The molecule has 0 aliphatic rings. The van der Waals surface area contributed by atoms with E-state index in [0.717, 1.165) is 28.6 Å². The fraction of sp³-hybridized carbons (Fsp3) is 0.150. The van der Waals surface area contributed by atoms with Gasteiger partial charge < -0.3 is 20.4 Å². The van der Waals surface area contributed by atoms with Crippen LogP contribution in [0.5, 0.6) is 0 Å². The molecule has 0 spiro atoms. The van der Waals surface area contributed by atoms with Gasteiger partial charge >= 0.3 is 23.9 Å². The number of aromatic carboxylic acids is 2. The fourth-order valence-corrected chi connectivity index (χ4v) is 5.55. The maximum Gasteiger partial charge on any atom is 0.336 e. The highest BCUT2D eigenvalue weighted by Gasteiger charge is 2.36. The van der Waals surface area contributed by atoms with E-state index in [2.05, 4.69) is 4.98 Å². The van der Waals surface area contributed by atoms with E-state index >= 15 is 0 Å². The molecule has 2 unspecified atom stereocenters. The van der Waals surface area contributed by atoms with Gasteiger partial charge in [0.1, 0.15) is 0 Å². The van der Waals surface area contributed by atoms with Crippen LogP contribution in [0.4, 0.5) is 0 Å². The Labute approximate surface area is 183 Å². The van der Waals surface area contributed by atoms with Gasteiger partial charge in [-0.05, 0) is 29.8 Å². The van der Waals surface area contributed by atoms with Crippen molar-refractivity contribution in [2.24, 2.45) is 5.92 Å². The lowest BCUT2D eigenvalue weighted by Gasteiger charge is -2.23. The first-order valence-corrected chi connectivity index (χ1v) is 10.4. The summed E-state index contributed by atoms with van der Waals surface area (Å²) in [6.07, 6.45) is -0.752. The molecule has 0 aliphatic carbocycles. The van der Waals surface area contributed by atoms with E-state index in [1.165, 1.54) is 17.4 Å². The van der Waals surface area contributed by atoms with Gasteiger partial charge in [0.15, 0.2) is 4.34 Å². The average Bonchev–Trinajstić information content (AvgIpc) is 3.12. The van der Waals surface area contributed by atoms with E-state index in [9.17, 15) is 39.6 Å². The van der Waals surface area contributed by atoms with Gasteiger partial charge in [0.25, 0.3) is 0 Å². The van der Waals surface area contributed by atoms with E-state index in [-0.39, 0.29) is 11.1 Å². The highest BCUT2D eigenvalue weighted by atomic mass is 32.2. The minimum absolute atomic E-state index is 0.00964. The molecule has 1 aromatic heterocycles. The second kappa shape index (κ2) is 9.14. The van der Waals surface area contributed by atoms with E-state index in [0.29, 0.717) is 9.86 Å². The molecule has 0 fully saturated rings. The second-order valence-electron chi connectivity index (χ2n) is 6.44. The molecular formula is C20H15NO8S2. The summed E-state index contributed by atoms with van der Waals surface area (Å²) < 4.78 is 1.26. The number of hydrogen-bond donors (Lipinski definition) is 4. The maximum atomic E-state index is 11.9.